The Morgan fingerprint density at radius 2 is 1.56 bits per heavy atom. The Morgan fingerprint density at radius 3 is 2.18 bits per heavy atom. The molecule has 0 saturated carbocycles. The molecule has 1 atom stereocenters. The number of aryl methyl sites for hydroxylation is 1. The van der Waals surface area contributed by atoms with Crippen LogP contribution in [0, 0.1) is 6.92 Å². The zero-order chi connectivity index (χ0) is 27.9. The molecule has 3 aromatic carbocycles. The molecule has 39 heavy (non-hydrogen) atoms. The van der Waals surface area contributed by atoms with Gasteiger partial charge in [-0.2, -0.15) is 0 Å². The van der Waals surface area contributed by atoms with Crippen LogP contribution in [0.5, 0.6) is 5.75 Å². The molecule has 0 spiro atoms. The van der Waals surface area contributed by atoms with Crippen LogP contribution in [0.4, 0.5) is 11.4 Å². The summed E-state index contributed by atoms with van der Waals surface area (Å²) in [5.74, 6) is -1.18. The first-order valence-corrected chi connectivity index (χ1v) is 13.5. The number of ketones is 1. The molecule has 202 valence electrons. The Labute approximate surface area is 230 Å². The van der Waals surface area contributed by atoms with Gasteiger partial charge in [-0.1, -0.05) is 51.1 Å². The summed E-state index contributed by atoms with van der Waals surface area (Å²) in [6.07, 6.45) is 2.34. The summed E-state index contributed by atoms with van der Waals surface area (Å²) >= 11 is 0. The third-order valence-corrected chi connectivity index (χ3v) is 7.85. The van der Waals surface area contributed by atoms with E-state index in [0.717, 1.165) is 35.5 Å². The summed E-state index contributed by atoms with van der Waals surface area (Å²) in [6.45, 7) is 10.2. The van der Waals surface area contributed by atoms with E-state index in [2.05, 4.69) is 25.7 Å². The largest absolute Gasteiger partial charge is 0.507 e. The van der Waals surface area contributed by atoms with Gasteiger partial charge >= 0.3 is 0 Å². The lowest BCUT2D eigenvalue weighted by Gasteiger charge is -2.27. The van der Waals surface area contributed by atoms with Gasteiger partial charge in [0, 0.05) is 24.5 Å². The number of carbonyl (C=O) groups is 2. The van der Waals surface area contributed by atoms with E-state index in [9.17, 15) is 14.7 Å². The molecule has 1 N–H and O–H groups in total. The third-order valence-electron chi connectivity index (χ3n) is 7.85. The Kier molecular flexibility index (Phi) is 6.98. The predicted molar refractivity (Wildman–Crippen MR) is 156 cm³/mol. The number of aliphatic hydroxyl groups is 1. The van der Waals surface area contributed by atoms with Gasteiger partial charge in [0.15, 0.2) is 0 Å². The highest BCUT2D eigenvalue weighted by molar-refractivity contribution is 6.51. The lowest BCUT2D eigenvalue weighted by atomic mass is 9.85. The molecule has 1 amide bonds. The average molecular weight is 525 g/mol. The summed E-state index contributed by atoms with van der Waals surface area (Å²) in [6, 6.07) is 20.3. The fourth-order valence-electron chi connectivity index (χ4n) is 5.59. The van der Waals surface area contributed by atoms with Crippen LogP contribution in [-0.2, 0) is 15.0 Å². The molecule has 0 aliphatic carbocycles. The summed E-state index contributed by atoms with van der Waals surface area (Å²) in [4.78, 5) is 31.2. The Morgan fingerprint density at radius 1 is 0.923 bits per heavy atom. The number of hydrogen-bond acceptors (Lipinski definition) is 5. The molecule has 6 heteroatoms. The van der Waals surface area contributed by atoms with Crippen LogP contribution in [0.15, 0.2) is 72.3 Å². The second-order valence-corrected chi connectivity index (χ2v) is 11.4. The number of ether oxygens (including phenoxy) is 1. The maximum absolute atomic E-state index is 13.7. The van der Waals surface area contributed by atoms with Crippen molar-refractivity contribution in [1.29, 1.82) is 0 Å². The van der Waals surface area contributed by atoms with Crippen molar-refractivity contribution in [3.05, 3.63) is 94.6 Å². The lowest BCUT2D eigenvalue weighted by molar-refractivity contribution is -0.132. The molecule has 5 rings (SSSR count). The molecule has 6 nitrogen and oxygen atoms in total. The zero-order valence-corrected chi connectivity index (χ0v) is 23.3. The van der Waals surface area contributed by atoms with E-state index in [1.165, 1.54) is 24.9 Å². The van der Waals surface area contributed by atoms with Crippen molar-refractivity contribution >= 4 is 28.8 Å². The van der Waals surface area contributed by atoms with Gasteiger partial charge < -0.3 is 14.7 Å². The van der Waals surface area contributed by atoms with Crippen molar-refractivity contribution in [3.8, 4) is 5.75 Å². The SMILES string of the molecule is COc1ccc(C(C)(C)C)cc1/C(O)=C1\C(=O)C(=O)N(c2ccc(N3CCCC3)cc2)C1c1ccccc1C. The van der Waals surface area contributed by atoms with Gasteiger partial charge in [-0.15, -0.1) is 0 Å². The van der Waals surface area contributed by atoms with E-state index >= 15 is 0 Å². The first-order chi connectivity index (χ1) is 18.6. The van der Waals surface area contributed by atoms with E-state index in [1.807, 2.05) is 67.6 Å². The van der Waals surface area contributed by atoms with Crippen LogP contribution < -0.4 is 14.5 Å². The topological polar surface area (TPSA) is 70.1 Å². The third kappa shape index (κ3) is 4.80. The van der Waals surface area contributed by atoms with Gasteiger partial charge in [0.25, 0.3) is 11.7 Å². The highest BCUT2D eigenvalue weighted by Crippen LogP contribution is 2.45. The van der Waals surface area contributed by atoms with Crippen molar-refractivity contribution in [1.82, 2.24) is 0 Å². The molecule has 1 unspecified atom stereocenters. The number of benzene rings is 3. The number of rotatable bonds is 5. The fraction of sp³-hybridized carbons (Fsp3) is 0.333. The smallest absolute Gasteiger partial charge is 0.300 e. The van der Waals surface area contributed by atoms with Crippen molar-refractivity contribution in [2.75, 3.05) is 30.0 Å². The van der Waals surface area contributed by atoms with Crippen LogP contribution in [0.2, 0.25) is 0 Å². The fourth-order valence-corrected chi connectivity index (χ4v) is 5.59. The molecule has 0 aromatic heterocycles. The predicted octanol–water partition coefficient (Wildman–Crippen LogP) is 6.53. The minimum atomic E-state index is -0.785. The Balaban J connectivity index is 1.69. The normalized spacial score (nSPS) is 19.2. The van der Waals surface area contributed by atoms with Crippen LogP contribution in [-0.4, -0.2) is 37.0 Å². The number of nitrogens with zero attached hydrogens (tertiary/aromatic N) is 2. The number of hydrogen-bond donors (Lipinski definition) is 1. The Hall–Kier alpha value is -4.06. The van der Waals surface area contributed by atoms with Crippen molar-refractivity contribution in [2.45, 2.75) is 52.0 Å². The van der Waals surface area contributed by atoms with Gasteiger partial charge in [0.05, 0.1) is 24.3 Å². The Bertz CT molecular complexity index is 1440. The highest BCUT2D eigenvalue weighted by atomic mass is 16.5. The van der Waals surface area contributed by atoms with Gasteiger partial charge in [0.2, 0.25) is 0 Å². The number of aliphatic hydroxyl groups excluding tert-OH is 1. The van der Waals surface area contributed by atoms with Gasteiger partial charge in [-0.3, -0.25) is 14.5 Å². The molecular formula is C33H36N2O4. The number of anilines is 2. The molecule has 2 saturated heterocycles. The van der Waals surface area contributed by atoms with Crippen molar-refractivity contribution < 1.29 is 19.4 Å². The number of Topliss-reactive ketones (excluding diaryl/α,β-unsaturated/α-hetero) is 1. The number of carbonyl (C=O) groups excluding carboxylic acids is 2. The minimum absolute atomic E-state index is 0.0577. The maximum Gasteiger partial charge on any atom is 0.300 e. The van der Waals surface area contributed by atoms with Crippen LogP contribution in [0.25, 0.3) is 5.76 Å². The van der Waals surface area contributed by atoms with E-state index < -0.39 is 17.7 Å². The average Bonchev–Trinajstić information content (AvgIpc) is 3.55. The molecule has 2 aliphatic rings. The second-order valence-electron chi connectivity index (χ2n) is 11.4. The van der Waals surface area contributed by atoms with Crippen LogP contribution in [0.3, 0.4) is 0 Å². The monoisotopic (exact) mass is 524 g/mol. The zero-order valence-electron chi connectivity index (χ0n) is 23.3. The lowest BCUT2D eigenvalue weighted by Crippen LogP contribution is -2.29. The van der Waals surface area contributed by atoms with E-state index in [0.29, 0.717) is 17.0 Å². The molecule has 0 bridgehead atoms. The second kappa shape index (κ2) is 10.3. The van der Waals surface area contributed by atoms with Crippen molar-refractivity contribution in [3.63, 3.8) is 0 Å². The van der Waals surface area contributed by atoms with Crippen LogP contribution in [0.1, 0.15) is 61.9 Å². The first kappa shape index (κ1) is 26.5. The van der Waals surface area contributed by atoms with Crippen molar-refractivity contribution in [2.24, 2.45) is 0 Å². The highest BCUT2D eigenvalue weighted by Gasteiger charge is 2.47. The maximum atomic E-state index is 13.7. The van der Waals surface area contributed by atoms with E-state index in [1.54, 1.807) is 6.07 Å². The number of amides is 1. The first-order valence-electron chi connectivity index (χ1n) is 13.5. The molecule has 2 aliphatic heterocycles. The summed E-state index contributed by atoms with van der Waals surface area (Å²) < 4.78 is 5.59. The number of methoxy groups -OCH3 is 1. The summed E-state index contributed by atoms with van der Waals surface area (Å²) in [5, 5.41) is 11.8. The standard InChI is InChI=1S/C33H36N2O4/c1-21-10-6-7-11-25(21)29-28(30(36)26-20-22(33(2,3)4)12-17-27(26)39-5)31(37)32(38)35(29)24-15-13-23(14-16-24)34-18-8-9-19-34/h6-7,10-17,20,29,36H,8-9,18-19H2,1-5H3/b30-28+. The quantitative estimate of drug-likeness (QED) is 0.234. The van der Waals surface area contributed by atoms with Gasteiger partial charge in [-0.25, -0.2) is 0 Å². The molecular weight excluding hydrogens is 488 g/mol. The van der Waals surface area contributed by atoms with Gasteiger partial charge in [-0.05, 0) is 78.3 Å². The van der Waals surface area contributed by atoms with E-state index in [-0.39, 0.29) is 16.7 Å². The summed E-state index contributed by atoms with van der Waals surface area (Å²) in [5.41, 5.74) is 4.65. The van der Waals surface area contributed by atoms with E-state index in [4.69, 9.17) is 4.74 Å². The minimum Gasteiger partial charge on any atom is -0.507 e. The molecule has 2 heterocycles. The molecule has 2 fully saturated rings. The molecule has 3 aromatic rings. The van der Waals surface area contributed by atoms with Crippen LogP contribution >= 0.6 is 0 Å². The summed E-state index contributed by atoms with van der Waals surface area (Å²) in [7, 11) is 1.53. The van der Waals surface area contributed by atoms with Gasteiger partial charge in [0.1, 0.15) is 11.5 Å². The molecule has 0 radical (unpaired) electrons.